The van der Waals surface area contributed by atoms with Crippen molar-refractivity contribution < 1.29 is 42.3 Å². The van der Waals surface area contributed by atoms with Crippen LogP contribution in [0.4, 0.5) is 0 Å². The van der Waals surface area contributed by atoms with Crippen molar-refractivity contribution in [2.45, 2.75) is 99.2 Å². The van der Waals surface area contributed by atoms with E-state index in [0.717, 1.165) is 36.8 Å². The molecule has 10 atom stereocenters. The fourth-order valence-corrected chi connectivity index (χ4v) is 8.57. The third kappa shape index (κ3) is 9.70. The molecule has 256 valence electrons. The van der Waals surface area contributed by atoms with E-state index in [9.17, 15) is 18.6 Å². The number of hydrogen-bond donors (Lipinski definition) is 2. The number of benzene rings is 1. The molecule has 3 unspecified atom stereocenters. The minimum Gasteiger partial charge on any atom is -0.394 e. The van der Waals surface area contributed by atoms with Crippen molar-refractivity contribution in [3.8, 4) is 0 Å². The molecule has 2 N–H and O–H groups in total. The summed E-state index contributed by atoms with van der Waals surface area (Å²) < 4.78 is 57.6. The third-order valence-electron chi connectivity index (χ3n) is 9.39. The first-order chi connectivity index (χ1) is 22.1. The Morgan fingerprint density at radius 1 is 1.07 bits per heavy atom. The molecule has 0 aliphatic carbocycles. The third-order valence-corrected chi connectivity index (χ3v) is 11.2. The highest BCUT2D eigenvalue weighted by Gasteiger charge is 2.49. The first-order valence-corrected chi connectivity index (χ1v) is 18.0. The van der Waals surface area contributed by atoms with Crippen LogP contribution in [0.3, 0.4) is 0 Å². The molecule has 3 saturated heterocycles. The molecule has 3 aliphatic heterocycles. The number of aliphatic hydroxyl groups is 2. The van der Waals surface area contributed by atoms with Gasteiger partial charge in [0.05, 0.1) is 79.3 Å². The molecule has 46 heavy (non-hydrogen) atoms. The van der Waals surface area contributed by atoms with Gasteiger partial charge >= 0.3 is 0 Å². The lowest BCUT2D eigenvalue weighted by molar-refractivity contribution is -0.0785. The Morgan fingerprint density at radius 2 is 1.83 bits per heavy atom. The maximum Gasteiger partial charge on any atom is 0.178 e. The first-order valence-electron chi connectivity index (χ1n) is 16.3. The van der Waals surface area contributed by atoms with Crippen LogP contribution in [0.15, 0.2) is 84.3 Å². The molecule has 3 fully saturated rings. The van der Waals surface area contributed by atoms with Gasteiger partial charge in [-0.05, 0) is 48.5 Å². The van der Waals surface area contributed by atoms with Gasteiger partial charge in [-0.3, -0.25) is 0 Å². The summed E-state index contributed by atoms with van der Waals surface area (Å²) in [5.41, 5.74) is 2.04. The molecule has 9 nitrogen and oxygen atoms in total. The van der Waals surface area contributed by atoms with Crippen LogP contribution < -0.4 is 0 Å². The number of methoxy groups -OCH3 is 1. The van der Waals surface area contributed by atoms with Crippen LogP contribution in [-0.4, -0.2) is 100 Å². The fourth-order valence-electron chi connectivity index (χ4n) is 6.90. The van der Waals surface area contributed by atoms with E-state index in [4.69, 9.17) is 23.7 Å². The second kappa shape index (κ2) is 17.3. The lowest BCUT2D eigenvalue weighted by Gasteiger charge is -2.38. The standard InChI is InChI=1S/C36H52O9S/c1-6-16-42-17-10-11-28-19-25(3)32(43-28)15-14-29-18-24(2)26(4)33(44-29)21-34-31(23-46(39,40)30-12-8-7-9-13-30)36(41-5)35(45-34)20-27(38)22-37/h6-13,24,27-29,31-38H,1,3-4,14-23H2,2,5H3/b11-10+/t24-,27+,28+,29+,31?,32+,33?,34+,35?,36-/m1/s1. The van der Waals surface area contributed by atoms with Gasteiger partial charge in [0.1, 0.15) is 0 Å². The Labute approximate surface area is 274 Å². The van der Waals surface area contributed by atoms with Crippen LogP contribution >= 0.6 is 0 Å². The predicted octanol–water partition coefficient (Wildman–Crippen LogP) is 4.59. The smallest absolute Gasteiger partial charge is 0.178 e. The molecule has 0 aromatic heterocycles. The monoisotopic (exact) mass is 660 g/mol. The maximum absolute atomic E-state index is 13.5. The second-order valence-electron chi connectivity index (χ2n) is 12.8. The van der Waals surface area contributed by atoms with Crippen LogP contribution in [0, 0.1) is 11.8 Å². The van der Waals surface area contributed by atoms with Gasteiger partial charge in [-0.2, -0.15) is 0 Å². The zero-order valence-electron chi connectivity index (χ0n) is 27.2. The Hall–Kier alpha value is -2.15. The number of ether oxygens (including phenoxy) is 5. The molecule has 0 saturated carbocycles. The van der Waals surface area contributed by atoms with Gasteiger partial charge in [0, 0.05) is 32.3 Å². The number of rotatable bonds is 17. The summed E-state index contributed by atoms with van der Waals surface area (Å²) >= 11 is 0. The zero-order valence-corrected chi connectivity index (χ0v) is 28.1. The van der Waals surface area contributed by atoms with Gasteiger partial charge in [0.2, 0.25) is 0 Å². The van der Waals surface area contributed by atoms with Gasteiger partial charge in [-0.1, -0.05) is 56.5 Å². The molecular formula is C36H52O9S. The van der Waals surface area contributed by atoms with Gasteiger partial charge in [0.25, 0.3) is 0 Å². The van der Waals surface area contributed by atoms with Crippen LogP contribution in [0.2, 0.25) is 0 Å². The predicted molar refractivity (Wildman–Crippen MR) is 177 cm³/mol. The van der Waals surface area contributed by atoms with Crippen molar-refractivity contribution in [3.05, 3.63) is 79.4 Å². The molecular weight excluding hydrogens is 608 g/mol. The number of aliphatic hydroxyl groups excluding tert-OH is 2. The summed E-state index contributed by atoms with van der Waals surface area (Å²) in [6.45, 7) is 15.0. The van der Waals surface area contributed by atoms with Gasteiger partial charge in [-0.15, -0.1) is 6.58 Å². The Bertz CT molecular complexity index is 1280. The first kappa shape index (κ1) is 36.7. The summed E-state index contributed by atoms with van der Waals surface area (Å²) in [6.07, 6.45) is 6.34. The van der Waals surface area contributed by atoms with E-state index in [0.29, 0.717) is 19.6 Å². The molecule has 0 radical (unpaired) electrons. The molecule has 0 amide bonds. The van der Waals surface area contributed by atoms with Crippen LogP contribution in [0.25, 0.3) is 0 Å². The molecule has 4 rings (SSSR count). The molecule has 0 spiro atoms. The quantitative estimate of drug-likeness (QED) is 0.183. The second-order valence-corrected chi connectivity index (χ2v) is 14.8. The Balaban J connectivity index is 1.42. The van der Waals surface area contributed by atoms with Crippen LogP contribution in [0.5, 0.6) is 0 Å². The summed E-state index contributed by atoms with van der Waals surface area (Å²) in [5.74, 6) is -0.484. The highest BCUT2D eigenvalue weighted by Crippen LogP contribution is 2.41. The molecule has 1 aromatic carbocycles. The highest BCUT2D eigenvalue weighted by molar-refractivity contribution is 7.91. The molecule has 0 bridgehead atoms. The van der Waals surface area contributed by atoms with E-state index in [2.05, 4.69) is 26.7 Å². The van der Waals surface area contributed by atoms with Crippen LogP contribution in [0.1, 0.15) is 45.4 Å². The molecule has 1 aromatic rings. The van der Waals surface area contributed by atoms with Crippen molar-refractivity contribution in [2.75, 3.05) is 32.7 Å². The summed E-state index contributed by atoms with van der Waals surface area (Å²) in [7, 11) is -2.14. The lowest BCUT2D eigenvalue weighted by atomic mass is 9.83. The average molecular weight is 661 g/mol. The van der Waals surface area contributed by atoms with E-state index in [1.165, 1.54) is 7.11 Å². The Morgan fingerprint density at radius 3 is 2.52 bits per heavy atom. The summed E-state index contributed by atoms with van der Waals surface area (Å²) in [4.78, 5) is 0.240. The molecule has 10 heteroatoms. The van der Waals surface area contributed by atoms with Gasteiger partial charge in [-0.25, -0.2) is 8.42 Å². The minimum atomic E-state index is -3.66. The highest BCUT2D eigenvalue weighted by atomic mass is 32.2. The van der Waals surface area contributed by atoms with Crippen molar-refractivity contribution in [2.24, 2.45) is 11.8 Å². The van der Waals surface area contributed by atoms with Crippen molar-refractivity contribution >= 4 is 9.84 Å². The van der Waals surface area contributed by atoms with Crippen molar-refractivity contribution in [3.63, 3.8) is 0 Å². The summed E-state index contributed by atoms with van der Waals surface area (Å²) in [5, 5.41) is 19.7. The number of sulfone groups is 1. The van der Waals surface area contributed by atoms with Crippen molar-refractivity contribution in [1.82, 2.24) is 0 Å². The lowest BCUT2D eigenvalue weighted by Crippen LogP contribution is -2.40. The van der Waals surface area contributed by atoms with E-state index in [1.54, 1.807) is 36.4 Å². The average Bonchev–Trinajstić information content (AvgIpc) is 3.55. The Kier molecular flexibility index (Phi) is 13.8. The van der Waals surface area contributed by atoms with Gasteiger partial charge in [0.15, 0.2) is 9.84 Å². The number of hydrogen-bond acceptors (Lipinski definition) is 9. The molecule has 3 heterocycles. The normalized spacial score (nSPS) is 32.7. The van der Waals surface area contributed by atoms with Crippen molar-refractivity contribution in [1.29, 1.82) is 0 Å². The summed E-state index contributed by atoms with van der Waals surface area (Å²) in [6, 6.07) is 8.37. The largest absolute Gasteiger partial charge is 0.394 e. The van der Waals surface area contributed by atoms with Crippen LogP contribution in [-0.2, 0) is 33.5 Å². The SMILES string of the molecule is C=CCOC/C=C/[C@H]1CC(=C)[C@H](CC[C@H]2C[C@@H](C)C(=C)C(C[C@@H]3OC(C[C@H](O)CO)[C@H](OC)C3CS(=O)(=O)c3ccccc3)O2)O1. The van der Waals surface area contributed by atoms with E-state index < -0.39 is 46.8 Å². The van der Waals surface area contributed by atoms with E-state index in [-0.39, 0.29) is 47.4 Å². The molecule has 3 aliphatic rings. The topological polar surface area (TPSA) is 121 Å². The zero-order chi connectivity index (χ0) is 33.3. The van der Waals surface area contributed by atoms with E-state index >= 15 is 0 Å². The maximum atomic E-state index is 13.5. The fraction of sp³-hybridized carbons (Fsp3) is 0.611. The van der Waals surface area contributed by atoms with Gasteiger partial charge < -0.3 is 33.9 Å². The van der Waals surface area contributed by atoms with E-state index in [1.807, 2.05) is 12.2 Å². The minimum absolute atomic E-state index is 0.0156.